The summed E-state index contributed by atoms with van der Waals surface area (Å²) in [6, 6.07) is 0.405. The third-order valence-corrected chi connectivity index (χ3v) is 3.01. The monoisotopic (exact) mass is 221 g/mol. The van der Waals surface area contributed by atoms with Gasteiger partial charge in [-0.15, -0.1) is 0 Å². The molecule has 0 aromatic heterocycles. The molecule has 0 bridgehead atoms. The molecule has 0 saturated carbocycles. The van der Waals surface area contributed by atoms with Gasteiger partial charge < -0.3 is 15.2 Å². The lowest BCUT2D eigenvalue weighted by Crippen LogP contribution is -2.32. The van der Waals surface area contributed by atoms with E-state index in [1.54, 1.807) is 18.9 Å². The first-order valence-electron chi connectivity index (χ1n) is 4.98. The summed E-state index contributed by atoms with van der Waals surface area (Å²) in [6.07, 6.45) is 0. The minimum absolute atomic E-state index is 0.405. The molecule has 0 aromatic carbocycles. The number of methoxy groups -OCH3 is 1. The van der Waals surface area contributed by atoms with Gasteiger partial charge in [-0.3, -0.25) is 0 Å². The van der Waals surface area contributed by atoms with E-state index in [0.717, 1.165) is 24.7 Å². The second-order valence-corrected chi connectivity index (χ2v) is 5.28. The van der Waals surface area contributed by atoms with Crippen molar-refractivity contribution in [3.05, 3.63) is 0 Å². The Bertz CT molecular complexity index is 137. The van der Waals surface area contributed by atoms with Crippen LogP contribution in [-0.2, 0) is 4.74 Å². The molecule has 0 amide bonds. The van der Waals surface area contributed by atoms with E-state index < -0.39 is 5.60 Å². The van der Waals surface area contributed by atoms with Crippen molar-refractivity contribution < 1.29 is 9.84 Å². The van der Waals surface area contributed by atoms with Crippen LogP contribution in [0.4, 0.5) is 0 Å². The summed E-state index contributed by atoms with van der Waals surface area (Å²) in [5.74, 6) is 1.81. The molecule has 0 aromatic rings. The van der Waals surface area contributed by atoms with Crippen LogP contribution in [0.5, 0.6) is 0 Å². The zero-order chi connectivity index (χ0) is 11.0. The fraction of sp³-hybridized carbons (Fsp3) is 1.00. The summed E-state index contributed by atoms with van der Waals surface area (Å²) in [6.45, 7) is 7.48. The highest BCUT2D eigenvalue weighted by atomic mass is 32.2. The second-order valence-electron chi connectivity index (χ2n) is 4.18. The van der Waals surface area contributed by atoms with E-state index in [-0.39, 0.29) is 0 Å². The Balaban J connectivity index is 3.21. The van der Waals surface area contributed by atoms with Crippen molar-refractivity contribution in [3.8, 4) is 0 Å². The van der Waals surface area contributed by atoms with Gasteiger partial charge in [-0.25, -0.2) is 0 Å². The maximum absolute atomic E-state index is 9.45. The lowest BCUT2D eigenvalue weighted by Gasteiger charge is -2.17. The number of nitrogens with one attached hydrogen (secondary N) is 1. The van der Waals surface area contributed by atoms with Gasteiger partial charge in [-0.1, -0.05) is 0 Å². The van der Waals surface area contributed by atoms with Gasteiger partial charge in [0.25, 0.3) is 0 Å². The molecule has 14 heavy (non-hydrogen) atoms. The molecule has 0 rings (SSSR count). The van der Waals surface area contributed by atoms with Crippen molar-refractivity contribution in [2.24, 2.45) is 0 Å². The minimum atomic E-state index is -0.553. The van der Waals surface area contributed by atoms with Crippen LogP contribution in [0.2, 0.25) is 0 Å². The zero-order valence-corrected chi connectivity index (χ0v) is 10.5. The van der Waals surface area contributed by atoms with E-state index in [1.807, 2.05) is 13.8 Å². The molecular weight excluding hydrogens is 198 g/mol. The van der Waals surface area contributed by atoms with Crippen LogP contribution in [0.3, 0.4) is 0 Å². The number of thioether (sulfide) groups is 1. The highest BCUT2D eigenvalue weighted by Crippen LogP contribution is 2.10. The summed E-state index contributed by atoms with van der Waals surface area (Å²) in [7, 11) is 1.71. The lowest BCUT2D eigenvalue weighted by molar-refractivity contribution is 0.107. The van der Waals surface area contributed by atoms with Gasteiger partial charge in [-0.05, 0) is 20.8 Å². The van der Waals surface area contributed by atoms with E-state index in [1.165, 1.54) is 0 Å². The predicted molar refractivity (Wildman–Crippen MR) is 63.0 cm³/mol. The van der Waals surface area contributed by atoms with Gasteiger partial charge >= 0.3 is 0 Å². The topological polar surface area (TPSA) is 41.5 Å². The molecular formula is C10H23NO2S. The molecule has 3 nitrogen and oxygen atoms in total. The summed E-state index contributed by atoms with van der Waals surface area (Å²) >= 11 is 1.77. The molecule has 86 valence electrons. The average molecular weight is 221 g/mol. The van der Waals surface area contributed by atoms with E-state index in [2.05, 4.69) is 12.2 Å². The largest absolute Gasteiger partial charge is 0.390 e. The zero-order valence-electron chi connectivity index (χ0n) is 9.67. The summed E-state index contributed by atoms with van der Waals surface area (Å²) in [5.41, 5.74) is -0.553. The number of hydrogen-bond acceptors (Lipinski definition) is 4. The van der Waals surface area contributed by atoms with Gasteiger partial charge in [0.2, 0.25) is 0 Å². The van der Waals surface area contributed by atoms with Crippen LogP contribution >= 0.6 is 11.8 Å². The highest BCUT2D eigenvalue weighted by Gasteiger charge is 2.11. The molecule has 0 spiro atoms. The van der Waals surface area contributed by atoms with Crippen molar-refractivity contribution in [1.82, 2.24) is 5.32 Å². The Morgan fingerprint density at radius 3 is 2.64 bits per heavy atom. The summed E-state index contributed by atoms with van der Waals surface area (Å²) in [4.78, 5) is 0. The first-order chi connectivity index (χ1) is 6.45. The van der Waals surface area contributed by atoms with Crippen LogP contribution in [0.25, 0.3) is 0 Å². The van der Waals surface area contributed by atoms with Gasteiger partial charge in [0.05, 0.1) is 12.2 Å². The van der Waals surface area contributed by atoms with Gasteiger partial charge in [0.15, 0.2) is 0 Å². The van der Waals surface area contributed by atoms with E-state index >= 15 is 0 Å². The Kier molecular flexibility index (Phi) is 7.64. The Morgan fingerprint density at radius 2 is 2.14 bits per heavy atom. The highest BCUT2D eigenvalue weighted by molar-refractivity contribution is 7.99. The fourth-order valence-corrected chi connectivity index (χ4v) is 1.91. The SMILES string of the molecule is COCC(C)NCCSCC(C)(C)O. The van der Waals surface area contributed by atoms with Crippen LogP contribution in [0.1, 0.15) is 20.8 Å². The molecule has 0 saturated heterocycles. The molecule has 1 unspecified atom stereocenters. The maximum Gasteiger partial charge on any atom is 0.0681 e. The normalized spacial score (nSPS) is 14.4. The standard InChI is InChI=1S/C10H23NO2S/c1-9(7-13-4)11-5-6-14-8-10(2,3)12/h9,11-12H,5-8H2,1-4H3. The predicted octanol–water partition coefficient (Wildman–Crippen LogP) is 1.11. The summed E-state index contributed by atoms with van der Waals surface area (Å²) in [5, 5.41) is 12.8. The first kappa shape index (κ1) is 14.2. The van der Waals surface area contributed by atoms with Crippen molar-refractivity contribution in [1.29, 1.82) is 0 Å². The molecule has 1 atom stereocenters. The third-order valence-electron chi connectivity index (χ3n) is 1.61. The van der Waals surface area contributed by atoms with Gasteiger partial charge in [-0.2, -0.15) is 11.8 Å². The van der Waals surface area contributed by atoms with Crippen molar-refractivity contribution in [3.63, 3.8) is 0 Å². The number of ether oxygens (including phenoxy) is 1. The molecule has 0 radical (unpaired) electrons. The Labute approximate surface area is 91.6 Å². The lowest BCUT2D eigenvalue weighted by atomic mass is 10.2. The molecule has 0 aliphatic heterocycles. The maximum atomic E-state index is 9.45. The molecule has 0 fully saturated rings. The molecule has 0 aliphatic carbocycles. The quantitative estimate of drug-likeness (QED) is 0.603. The molecule has 2 N–H and O–H groups in total. The third kappa shape index (κ3) is 10.3. The summed E-state index contributed by atoms with van der Waals surface area (Å²) < 4.78 is 5.01. The number of aliphatic hydroxyl groups is 1. The van der Waals surface area contributed by atoms with Crippen molar-refractivity contribution in [2.75, 3.05) is 31.8 Å². The second kappa shape index (κ2) is 7.51. The van der Waals surface area contributed by atoms with E-state index in [4.69, 9.17) is 4.74 Å². The molecule has 0 aliphatic rings. The van der Waals surface area contributed by atoms with Crippen LogP contribution < -0.4 is 5.32 Å². The van der Waals surface area contributed by atoms with Crippen LogP contribution in [0.15, 0.2) is 0 Å². The van der Waals surface area contributed by atoms with Crippen LogP contribution in [-0.4, -0.2) is 48.5 Å². The Hall–Kier alpha value is 0.230. The van der Waals surface area contributed by atoms with E-state index in [9.17, 15) is 5.11 Å². The van der Waals surface area contributed by atoms with Gasteiger partial charge in [0, 0.05) is 31.2 Å². The molecule has 0 heterocycles. The molecule has 4 heteroatoms. The average Bonchev–Trinajstić information content (AvgIpc) is 2.02. The first-order valence-corrected chi connectivity index (χ1v) is 6.13. The van der Waals surface area contributed by atoms with Crippen molar-refractivity contribution >= 4 is 11.8 Å². The van der Waals surface area contributed by atoms with E-state index in [0.29, 0.717) is 6.04 Å². The van der Waals surface area contributed by atoms with Crippen molar-refractivity contribution in [2.45, 2.75) is 32.4 Å². The fourth-order valence-electron chi connectivity index (χ4n) is 1.01. The van der Waals surface area contributed by atoms with Gasteiger partial charge in [0.1, 0.15) is 0 Å². The number of hydrogen-bond donors (Lipinski definition) is 2. The Morgan fingerprint density at radius 1 is 1.50 bits per heavy atom. The smallest absolute Gasteiger partial charge is 0.0681 e. The number of rotatable bonds is 8. The van der Waals surface area contributed by atoms with Crippen LogP contribution in [0, 0.1) is 0 Å². The minimum Gasteiger partial charge on any atom is -0.390 e.